The Bertz CT molecular complexity index is 584. The number of rotatable bonds is 4. The van der Waals surface area contributed by atoms with Gasteiger partial charge in [0.25, 0.3) is 0 Å². The average molecular weight is 258 g/mol. The second-order valence-electron chi connectivity index (χ2n) is 3.87. The summed E-state index contributed by atoms with van der Waals surface area (Å²) in [5, 5.41) is 12.3. The van der Waals surface area contributed by atoms with Crippen molar-refractivity contribution in [1.29, 1.82) is 0 Å². The second kappa shape index (κ2) is 5.97. The van der Waals surface area contributed by atoms with Gasteiger partial charge >= 0.3 is 5.97 Å². The molecule has 1 aromatic carbocycles. The summed E-state index contributed by atoms with van der Waals surface area (Å²) in [4.78, 5) is 15.6. The van der Waals surface area contributed by atoms with Gasteiger partial charge < -0.3 is 15.2 Å². The number of aliphatic hydroxyl groups is 1. The van der Waals surface area contributed by atoms with E-state index in [0.717, 1.165) is 0 Å². The summed E-state index contributed by atoms with van der Waals surface area (Å²) in [6.07, 6.45) is 1.63. The molecule has 2 rings (SSSR count). The Hall–Kier alpha value is -2.40. The molecular formula is C14H14N2O3. The number of hydrogen-bond donors (Lipinski definition) is 2. The van der Waals surface area contributed by atoms with Crippen molar-refractivity contribution in [2.75, 3.05) is 12.4 Å². The minimum Gasteiger partial charge on any atom is -0.465 e. The normalized spacial score (nSPS) is 10.0. The number of carbonyl (C=O) groups excluding carboxylic acids is 1. The van der Waals surface area contributed by atoms with Gasteiger partial charge in [-0.15, -0.1) is 0 Å². The molecular weight excluding hydrogens is 244 g/mol. The predicted molar refractivity (Wildman–Crippen MR) is 71.2 cm³/mol. The zero-order chi connectivity index (χ0) is 13.7. The van der Waals surface area contributed by atoms with E-state index in [1.807, 2.05) is 6.07 Å². The van der Waals surface area contributed by atoms with Gasteiger partial charge in [-0.3, -0.25) is 0 Å². The van der Waals surface area contributed by atoms with Crippen LogP contribution in [0.25, 0.3) is 0 Å². The van der Waals surface area contributed by atoms with Gasteiger partial charge in [0.15, 0.2) is 0 Å². The number of esters is 1. The maximum atomic E-state index is 11.4. The number of aromatic nitrogens is 1. The van der Waals surface area contributed by atoms with Crippen molar-refractivity contribution in [2.24, 2.45) is 0 Å². The molecule has 5 nitrogen and oxygen atoms in total. The van der Waals surface area contributed by atoms with Crippen molar-refractivity contribution in [1.82, 2.24) is 4.98 Å². The highest BCUT2D eigenvalue weighted by molar-refractivity contribution is 5.90. The molecule has 0 aliphatic rings. The molecule has 0 bridgehead atoms. The summed E-state index contributed by atoms with van der Waals surface area (Å²) < 4.78 is 4.66. The van der Waals surface area contributed by atoms with Crippen molar-refractivity contribution in [3.05, 3.63) is 53.7 Å². The number of ether oxygens (including phenoxy) is 1. The van der Waals surface area contributed by atoms with E-state index in [-0.39, 0.29) is 6.61 Å². The van der Waals surface area contributed by atoms with Gasteiger partial charge in [-0.2, -0.15) is 0 Å². The molecule has 0 atom stereocenters. The Labute approximate surface area is 110 Å². The average Bonchev–Trinajstić information content (AvgIpc) is 2.47. The molecule has 0 saturated carbocycles. The van der Waals surface area contributed by atoms with Crippen LogP contribution in [0.1, 0.15) is 15.9 Å². The lowest BCUT2D eigenvalue weighted by molar-refractivity contribution is 0.0601. The highest BCUT2D eigenvalue weighted by Gasteiger charge is 2.07. The smallest absolute Gasteiger partial charge is 0.337 e. The Morgan fingerprint density at radius 1 is 1.37 bits per heavy atom. The van der Waals surface area contributed by atoms with Crippen LogP contribution in [0.5, 0.6) is 0 Å². The molecule has 19 heavy (non-hydrogen) atoms. The van der Waals surface area contributed by atoms with Crippen LogP contribution in [-0.2, 0) is 11.3 Å². The van der Waals surface area contributed by atoms with E-state index in [4.69, 9.17) is 0 Å². The molecule has 0 saturated heterocycles. The minimum atomic E-state index is -0.396. The van der Waals surface area contributed by atoms with Gasteiger partial charge in [0.2, 0.25) is 0 Å². The van der Waals surface area contributed by atoms with Crippen molar-refractivity contribution in [3.8, 4) is 0 Å². The molecule has 0 aliphatic heterocycles. The van der Waals surface area contributed by atoms with Crippen molar-refractivity contribution >= 4 is 17.5 Å². The number of anilines is 2. The highest BCUT2D eigenvalue weighted by Crippen LogP contribution is 2.19. The van der Waals surface area contributed by atoms with E-state index in [1.54, 1.807) is 36.5 Å². The van der Waals surface area contributed by atoms with Crippen LogP contribution in [0.4, 0.5) is 11.5 Å². The summed E-state index contributed by atoms with van der Waals surface area (Å²) in [5.74, 6) is 0.166. The topological polar surface area (TPSA) is 71.5 Å². The summed E-state index contributed by atoms with van der Waals surface area (Å²) in [7, 11) is 1.34. The van der Waals surface area contributed by atoms with Crippen LogP contribution < -0.4 is 5.32 Å². The number of pyridine rings is 1. The van der Waals surface area contributed by atoms with Gasteiger partial charge in [-0.05, 0) is 24.3 Å². The first-order chi connectivity index (χ1) is 9.24. The van der Waals surface area contributed by atoms with Crippen LogP contribution in [0.2, 0.25) is 0 Å². The second-order valence-corrected chi connectivity index (χ2v) is 3.87. The summed E-state index contributed by atoms with van der Waals surface area (Å²) in [5.41, 5.74) is 1.84. The lowest BCUT2D eigenvalue weighted by Gasteiger charge is -2.10. The molecule has 0 spiro atoms. The maximum Gasteiger partial charge on any atom is 0.337 e. The number of aliphatic hydroxyl groups excluding tert-OH is 1. The Morgan fingerprint density at radius 3 is 2.95 bits per heavy atom. The number of methoxy groups -OCH3 is 1. The lowest BCUT2D eigenvalue weighted by atomic mass is 10.2. The first kappa shape index (κ1) is 13.0. The minimum absolute atomic E-state index is 0.104. The van der Waals surface area contributed by atoms with Crippen LogP contribution in [0, 0.1) is 0 Å². The number of benzene rings is 1. The fourth-order valence-corrected chi connectivity index (χ4v) is 1.66. The Kier molecular flexibility index (Phi) is 4.10. The highest BCUT2D eigenvalue weighted by atomic mass is 16.5. The van der Waals surface area contributed by atoms with Gasteiger partial charge in [-0.25, -0.2) is 9.78 Å². The lowest BCUT2D eigenvalue weighted by Crippen LogP contribution is -2.03. The Balaban J connectivity index is 2.26. The maximum absolute atomic E-state index is 11.4. The summed E-state index contributed by atoms with van der Waals surface area (Å²) >= 11 is 0. The SMILES string of the molecule is COC(=O)c1cccc(Nc2ncccc2CO)c1. The van der Waals surface area contributed by atoms with Gasteiger partial charge in [-0.1, -0.05) is 12.1 Å². The van der Waals surface area contributed by atoms with Crippen LogP contribution in [0.3, 0.4) is 0 Å². The van der Waals surface area contributed by atoms with Crippen LogP contribution in [-0.4, -0.2) is 23.2 Å². The van der Waals surface area contributed by atoms with Gasteiger partial charge in [0.05, 0.1) is 19.3 Å². The first-order valence-electron chi connectivity index (χ1n) is 5.74. The third kappa shape index (κ3) is 3.08. The molecule has 0 fully saturated rings. The fraction of sp³-hybridized carbons (Fsp3) is 0.143. The van der Waals surface area contributed by atoms with Gasteiger partial charge in [0, 0.05) is 17.4 Å². The fourth-order valence-electron chi connectivity index (χ4n) is 1.66. The number of carbonyl (C=O) groups is 1. The first-order valence-corrected chi connectivity index (χ1v) is 5.74. The molecule has 2 N–H and O–H groups in total. The van der Waals surface area contributed by atoms with E-state index in [1.165, 1.54) is 7.11 Å². The standard InChI is InChI=1S/C14H14N2O3/c1-19-14(18)10-4-2-6-12(8-10)16-13-11(9-17)5-3-7-15-13/h2-8,17H,9H2,1H3,(H,15,16). The summed E-state index contributed by atoms with van der Waals surface area (Å²) in [6, 6.07) is 10.4. The van der Waals surface area contributed by atoms with E-state index in [2.05, 4.69) is 15.0 Å². The zero-order valence-corrected chi connectivity index (χ0v) is 10.5. The quantitative estimate of drug-likeness (QED) is 0.822. The molecule has 0 unspecified atom stereocenters. The predicted octanol–water partition coefficient (Wildman–Crippen LogP) is 2.10. The van der Waals surface area contributed by atoms with Crippen molar-refractivity contribution in [3.63, 3.8) is 0 Å². The number of nitrogens with one attached hydrogen (secondary N) is 1. The van der Waals surface area contributed by atoms with Crippen molar-refractivity contribution < 1.29 is 14.6 Å². The largest absolute Gasteiger partial charge is 0.465 e. The van der Waals surface area contributed by atoms with Crippen molar-refractivity contribution in [2.45, 2.75) is 6.61 Å². The van der Waals surface area contributed by atoms with E-state index >= 15 is 0 Å². The monoisotopic (exact) mass is 258 g/mol. The molecule has 5 heteroatoms. The summed E-state index contributed by atoms with van der Waals surface area (Å²) in [6.45, 7) is -0.104. The third-order valence-corrected chi connectivity index (χ3v) is 2.61. The Morgan fingerprint density at radius 2 is 2.21 bits per heavy atom. The van der Waals surface area contributed by atoms with Crippen LogP contribution in [0.15, 0.2) is 42.6 Å². The number of nitrogens with zero attached hydrogens (tertiary/aromatic N) is 1. The zero-order valence-electron chi connectivity index (χ0n) is 10.5. The molecule has 0 radical (unpaired) electrons. The van der Waals surface area contributed by atoms with E-state index in [0.29, 0.717) is 22.6 Å². The van der Waals surface area contributed by atoms with E-state index < -0.39 is 5.97 Å². The molecule has 1 aromatic heterocycles. The molecule has 0 amide bonds. The third-order valence-electron chi connectivity index (χ3n) is 2.61. The van der Waals surface area contributed by atoms with E-state index in [9.17, 15) is 9.90 Å². The van der Waals surface area contributed by atoms with Crippen LogP contribution >= 0.6 is 0 Å². The molecule has 2 aromatic rings. The molecule has 0 aliphatic carbocycles. The molecule has 1 heterocycles. The molecule has 98 valence electrons. The van der Waals surface area contributed by atoms with Gasteiger partial charge in [0.1, 0.15) is 5.82 Å². The number of hydrogen-bond acceptors (Lipinski definition) is 5.